The number of hydrogen-bond donors (Lipinski definition) is 4. The molecule has 1 fully saturated rings. The molecule has 0 saturated carbocycles. The fourth-order valence-electron chi connectivity index (χ4n) is 5.38. The largest absolute Gasteiger partial charge is 0.473 e. The summed E-state index contributed by atoms with van der Waals surface area (Å²) in [5.74, 6) is -0.905. The van der Waals surface area contributed by atoms with Gasteiger partial charge in [0.1, 0.15) is 31.0 Å². The first-order chi connectivity index (χ1) is 27.8. The number of ether oxygens (including phenoxy) is 6. The molecule has 0 spiro atoms. The first-order valence-corrected chi connectivity index (χ1v) is 20.7. The average Bonchev–Trinajstić information content (AvgIpc) is 3.21. The van der Waals surface area contributed by atoms with Gasteiger partial charge in [-0.3, -0.25) is 9.59 Å². The molecule has 0 aromatic carbocycles. The molecule has 12 nitrogen and oxygen atoms in total. The van der Waals surface area contributed by atoms with Crippen molar-refractivity contribution < 1.29 is 58.4 Å². The minimum atomic E-state index is -1.62. The number of carbonyl (C=O) groups is 2. The lowest BCUT2D eigenvalue weighted by Crippen LogP contribution is -2.59. The van der Waals surface area contributed by atoms with Gasteiger partial charge in [0, 0.05) is 12.8 Å². The minimum absolute atomic E-state index is 0.174. The molecule has 0 aromatic rings. The predicted octanol–water partition coefficient (Wildman–Crippen LogP) is 7.85. The molecule has 0 radical (unpaired) electrons. The standard InChI is InChI=1S/C45H70O12/c1-3-5-7-25-31-52-33-27-21-17-13-9-11-15-19-23-29-40(47)54-36-38(37-55-45-44(51)43(50)42(49)39(35-46)57-45)56-41(48)30-24-20-16-12-10-14-18-22-28-34-53-32-26-8-6-4-2/h5-8,17-18,21-22,25-28,31-34,38-39,42-46,49-51H,3-4,9-16,19-20,23-24,29-30,35-37H2,1-2H3/b7-5-,8-6-,21-17-,22-18-,31-25-,32-26-,33-27+,34-28+/t38-,39-,42+,43+,44-,45-/m1/s1. The molecule has 12 heteroatoms. The lowest BCUT2D eigenvalue weighted by Gasteiger charge is -2.39. The van der Waals surface area contributed by atoms with Crippen molar-refractivity contribution in [3.8, 4) is 0 Å². The molecule has 6 atom stereocenters. The van der Waals surface area contributed by atoms with Crippen LogP contribution in [0.25, 0.3) is 0 Å². The van der Waals surface area contributed by atoms with Gasteiger partial charge in [-0.2, -0.15) is 0 Å². The Morgan fingerprint density at radius 3 is 1.56 bits per heavy atom. The zero-order valence-electron chi connectivity index (χ0n) is 34.2. The van der Waals surface area contributed by atoms with Gasteiger partial charge in [-0.15, -0.1) is 0 Å². The van der Waals surface area contributed by atoms with E-state index in [2.05, 4.69) is 26.0 Å². The summed E-state index contributed by atoms with van der Waals surface area (Å²) in [5, 5.41) is 40.0. The maximum Gasteiger partial charge on any atom is 0.306 e. The molecular formula is C45H70O12. The summed E-state index contributed by atoms with van der Waals surface area (Å²) in [4.78, 5) is 25.3. The van der Waals surface area contributed by atoms with Gasteiger partial charge < -0.3 is 48.8 Å². The highest BCUT2D eigenvalue weighted by molar-refractivity contribution is 5.70. The van der Waals surface area contributed by atoms with Crippen molar-refractivity contribution in [2.45, 2.75) is 153 Å². The van der Waals surface area contributed by atoms with Gasteiger partial charge in [0.25, 0.3) is 0 Å². The van der Waals surface area contributed by atoms with Gasteiger partial charge in [0.15, 0.2) is 12.4 Å². The average molecular weight is 803 g/mol. The SMILES string of the molecule is CC/C=C\C=C/O/C=C/C=C\CCCCCCCC(=O)OC[C@H](CO[C@@H]1O[C@H](CO)[C@H](O)[C@H](O)[C@H]1O)OC(=O)CCCCCCC/C=C\C=C\O/C=C\C=C/CC. The highest BCUT2D eigenvalue weighted by Gasteiger charge is 2.44. The quantitative estimate of drug-likeness (QED) is 0.0220. The summed E-state index contributed by atoms with van der Waals surface area (Å²) in [5.41, 5.74) is 0. The Morgan fingerprint density at radius 2 is 1.05 bits per heavy atom. The molecule has 0 aromatic heterocycles. The first kappa shape index (κ1) is 51.2. The molecule has 0 amide bonds. The molecule has 0 unspecified atom stereocenters. The van der Waals surface area contributed by atoms with E-state index in [1.165, 1.54) is 0 Å². The van der Waals surface area contributed by atoms with E-state index in [0.29, 0.717) is 12.8 Å². The predicted molar refractivity (Wildman–Crippen MR) is 221 cm³/mol. The molecule has 1 aliphatic rings. The zero-order valence-corrected chi connectivity index (χ0v) is 34.2. The van der Waals surface area contributed by atoms with Crippen molar-refractivity contribution >= 4 is 11.9 Å². The fourth-order valence-corrected chi connectivity index (χ4v) is 5.38. The molecule has 1 saturated heterocycles. The second-order valence-corrected chi connectivity index (χ2v) is 13.6. The number of aliphatic hydroxyl groups excluding tert-OH is 4. The van der Waals surface area contributed by atoms with Crippen molar-refractivity contribution in [2.75, 3.05) is 19.8 Å². The fraction of sp³-hybridized carbons (Fsp3) is 0.600. The van der Waals surface area contributed by atoms with Gasteiger partial charge >= 0.3 is 11.9 Å². The van der Waals surface area contributed by atoms with Crippen molar-refractivity contribution in [1.82, 2.24) is 0 Å². The molecule has 1 rings (SSSR count). The molecule has 1 heterocycles. The summed E-state index contributed by atoms with van der Waals surface area (Å²) in [7, 11) is 0. The van der Waals surface area contributed by atoms with E-state index in [9.17, 15) is 30.0 Å². The first-order valence-electron chi connectivity index (χ1n) is 20.7. The Hall–Kier alpha value is -3.78. The van der Waals surface area contributed by atoms with Crippen molar-refractivity contribution in [1.29, 1.82) is 0 Å². The second-order valence-electron chi connectivity index (χ2n) is 13.6. The Labute approximate surface area is 340 Å². The van der Waals surface area contributed by atoms with Crippen LogP contribution < -0.4 is 0 Å². The van der Waals surface area contributed by atoms with Crippen LogP contribution in [-0.2, 0) is 38.0 Å². The summed E-state index contributed by atoms with van der Waals surface area (Å²) >= 11 is 0. The number of hydrogen-bond acceptors (Lipinski definition) is 12. The molecule has 0 aliphatic carbocycles. The van der Waals surface area contributed by atoms with E-state index in [4.69, 9.17) is 28.4 Å². The number of rotatable bonds is 33. The molecule has 0 bridgehead atoms. The lowest BCUT2D eigenvalue weighted by molar-refractivity contribution is -0.305. The Morgan fingerprint density at radius 1 is 0.579 bits per heavy atom. The van der Waals surface area contributed by atoms with Crippen molar-refractivity contribution in [2.24, 2.45) is 0 Å². The van der Waals surface area contributed by atoms with Crippen LogP contribution in [0.4, 0.5) is 0 Å². The third-order valence-corrected chi connectivity index (χ3v) is 8.62. The third-order valence-electron chi connectivity index (χ3n) is 8.62. The maximum absolute atomic E-state index is 12.7. The van der Waals surface area contributed by atoms with Crippen LogP contribution in [0.2, 0.25) is 0 Å². The van der Waals surface area contributed by atoms with Crippen LogP contribution in [0.3, 0.4) is 0 Å². The van der Waals surface area contributed by atoms with Crippen molar-refractivity contribution in [3.05, 3.63) is 98.0 Å². The minimum Gasteiger partial charge on any atom is -0.473 e. The van der Waals surface area contributed by atoms with Crippen LogP contribution in [0, 0.1) is 0 Å². The number of unbranched alkanes of at least 4 members (excludes halogenated alkanes) is 10. The van der Waals surface area contributed by atoms with Crippen molar-refractivity contribution in [3.63, 3.8) is 0 Å². The molecule has 322 valence electrons. The number of esters is 2. The van der Waals surface area contributed by atoms with Gasteiger partial charge in [0.05, 0.1) is 38.3 Å². The highest BCUT2D eigenvalue weighted by Crippen LogP contribution is 2.22. The summed E-state index contributed by atoms with van der Waals surface area (Å²) < 4.78 is 32.5. The van der Waals surface area contributed by atoms with Crippen LogP contribution in [0.1, 0.15) is 117 Å². The Bertz CT molecular complexity index is 1250. The molecule has 4 N–H and O–H groups in total. The van der Waals surface area contributed by atoms with E-state index in [-0.39, 0.29) is 26.1 Å². The second kappa shape index (κ2) is 36.6. The number of aliphatic hydroxyl groups is 4. The van der Waals surface area contributed by atoms with E-state index in [1.54, 1.807) is 25.0 Å². The van der Waals surface area contributed by atoms with E-state index < -0.39 is 55.4 Å². The summed E-state index contributed by atoms with van der Waals surface area (Å²) in [6.07, 6.45) is 35.0. The number of carbonyl (C=O) groups excluding carboxylic acids is 2. The van der Waals surface area contributed by atoms with E-state index >= 15 is 0 Å². The smallest absolute Gasteiger partial charge is 0.306 e. The monoisotopic (exact) mass is 802 g/mol. The molecular weight excluding hydrogens is 732 g/mol. The molecule has 57 heavy (non-hydrogen) atoms. The normalized spacial score (nSPS) is 21.1. The van der Waals surface area contributed by atoms with Crippen LogP contribution in [0.5, 0.6) is 0 Å². The van der Waals surface area contributed by atoms with Crippen LogP contribution >= 0.6 is 0 Å². The highest BCUT2D eigenvalue weighted by atomic mass is 16.7. The Kier molecular flexibility index (Phi) is 32.9. The third kappa shape index (κ3) is 28.3. The van der Waals surface area contributed by atoms with Crippen LogP contribution in [-0.4, -0.2) is 89.0 Å². The summed E-state index contributed by atoms with van der Waals surface area (Å²) in [6, 6.07) is 0. The van der Waals surface area contributed by atoms with Gasteiger partial charge in [-0.05, 0) is 75.7 Å². The van der Waals surface area contributed by atoms with Gasteiger partial charge in [-0.1, -0.05) is 101 Å². The van der Waals surface area contributed by atoms with E-state index in [1.807, 2.05) is 60.8 Å². The lowest BCUT2D eigenvalue weighted by atomic mass is 9.99. The van der Waals surface area contributed by atoms with E-state index in [0.717, 1.165) is 77.0 Å². The maximum atomic E-state index is 12.7. The Balaban J connectivity index is 2.40. The number of allylic oxidation sites excluding steroid dienone is 12. The van der Waals surface area contributed by atoms with Gasteiger partial charge in [-0.25, -0.2) is 0 Å². The van der Waals surface area contributed by atoms with Gasteiger partial charge in [0.2, 0.25) is 0 Å². The summed E-state index contributed by atoms with van der Waals surface area (Å²) in [6.45, 7) is 2.96. The zero-order chi connectivity index (χ0) is 41.6. The molecule has 1 aliphatic heterocycles. The van der Waals surface area contributed by atoms with Crippen LogP contribution in [0.15, 0.2) is 98.0 Å². The topological polar surface area (TPSA) is 170 Å².